The van der Waals surface area contributed by atoms with Crippen LogP contribution >= 0.6 is 27.5 Å². The maximum atomic E-state index is 13.8. The summed E-state index contributed by atoms with van der Waals surface area (Å²) in [6, 6.07) is 11.7. The Bertz CT molecular complexity index is 623. The lowest BCUT2D eigenvalue weighted by molar-refractivity contribution is 0.223. The number of anilines is 1. The van der Waals surface area contributed by atoms with Gasteiger partial charge in [-0.1, -0.05) is 45.7 Å². The van der Waals surface area contributed by atoms with Gasteiger partial charge in [-0.2, -0.15) is 0 Å². The standard InChI is InChI=1S/C15H14BrClFNO/c1-15(9-20,11-7-6-10(16)8-12(11)17)19-14-5-3-2-4-13(14)18/h2-8,19-20H,9H2,1H3. The third-order valence-corrected chi connectivity index (χ3v) is 3.93. The molecule has 0 saturated carbocycles. The molecule has 2 rings (SSSR count). The zero-order valence-corrected chi connectivity index (χ0v) is 13.2. The summed E-state index contributed by atoms with van der Waals surface area (Å²) in [6.07, 6.45) is 0. The average molecular weight is 359 g/mol. The number of benzene rings is 2. The van der Waals surface area contributed by atoms with Gasteiger partial charge in [0.05, 0.1) is 17.8 Å². The van der Waals surface area contributed by atoms with E-state index < -0.39 is 5.54 Å². The second-order valence-electron chi connectivity index (χ2n) is 4.72. The molecule has 0 spiro atoms. The predicted molar refractivity (Wildman–Crippen MR) is 83.6 cm³/mol. The Morgan fingerprint density at radius 1 is 1.30 bits per heavy atom. The van der Waals surface area contributed by atoms with Crippen LogP contribution in [0.1, 0.15) is 12.5 Å². The fourth-order valence-corrected chi connectivity index (χ4v) is 2.87. The first-order valence-corrected chi connectivity index (χ1v) is 7.22. The maximum absolute atomic E-state index is 13.8. The number of para-hydroxylation sites is 1. The van der Waals surface area contributed by atoms with Crippen molar-refractivity contribution in [2.45, 2.75) is 12.5 Å². The molecule has 0 aliphatic rings. The predicted octanol–water partition coefficient (Wildman–Crippen LogP) is 4.56. The van der Waals surface area contributed by atoms with Gasteiger partial charge >= 0.3 is 0 Å². The molecule has 2 aromatic carbocycles. The van der Waals surface area contributed by atoms with Crippen molar-refractivity contribution in [2.24, 2.45) is 0 Å². The number of aliphatic hydroxyl groups is 1. The van der Waals surface area contributed by atoms with E-state index >= 15 is 0 Å². The zero-order valence-electron chi connectivity index (χ0n) is 10.8. The Labute approximate surface area is 130 Å². The minimum atomic E-state index is -0.875. The van der Waals surface area contributed by atoms with E-state index in [1.54, 1.807) is 37.3 Å². The average Bonchev–Trinajstić information content (AvgIpc) is 2.41. The van der Waals surface area contributed by atoms with E-state index in [1.165, 1.54) is 6.07 Å². The van der Waals surface area contributed by atoms with Crippen LogP contribution in [0.2, 0.25) is 5.02 Å². The van der Waals surface area contributed by atoms with Crippen LogP contribution in [0.5, 0.6) is 0 Å². The van der Waals surface area contributed by atoms with E-state index in [-0.39, 0.29) is 12.4 Å². The minimum Gasteiger partial charge on any atom is -0.394 e. The van der Waals surface area contributed by atoms with Gasteiger partial charge in [0.2, 0.25) is 0 Å². The molecule has 0 amide bonds. The van der Waals surface area contributed by atoms with Gasteiger partial charge in [-0.15, -0.1) is 0 Å². The molecule has 20 heavy (non-hydrogen) atoms. The normalized spacial score (nSPS) is 13.8. The van der Waals surface area contributed by atoms with E-state index in [4.69, 9.17) is 11.6 Å². The Morgan fingerprint density at radius 3 is 2.60 bits per heavy atom. The lowest BCUT2D eigenvalue weighted by atomic mass is 9.92. The highest BCUT2D eigenvalue weighted by molar-refractivity contribution is 9.10. The molecule has 1 atom stereocenters. The van der Waals surface area contributed by atoms with Crippen molar-refractivity contribution in [3.8, 4) is 0 Å². The molecule has 0 saturated heterocycles. The molecule has 0 radical (unpaired) electrons. The van der Waals surface area contributed by atoms with Gasteiger partial charge in [0, 0.05) is 9.50 Å². The molecule has 2 aromatic rings. The van der Waals surface area contributed by atoms with Crippen LogP contribution in [-0.2, 0) is 5.54 Å². The summed E-state index contributed by atoms with van der Waals surface area (Å²) in [7, 11) is 0. The summed E-state index contributed by atoms with van der Waals surface area (Å²) in [5.74, 6) is -0.375. The molecule has 2 N–H and O–H groups in total. The lowest BCUT2D eigenvalue weighted by Gasteiger charge is -2.31. The van der Waals surface area contributed by atoms with Crippen LogP contribution < -0.4 is 5.32 Å². The fourth-order valence-electron chi connectivity index (χ4n) is 1.99. The minimum absolute atomic E-state index is 0.220. The van der Waals surface area contributed by atoms with Gasteiger partial charge in [0.15, 0.2) is 0 Å². The molecule has 0 aliphatic heterocycles. The molecule has 0 heterocycles. The van der Waals surface area contributed by atoms with Crippen LogP contribution in [0.3, 0.4) is 0 Å². The second kappa shape index (κ2) is 6.12. The quantitative estimate of drug-likeness (QED) is 0.839. The van der Waals surface area contributed by atoms with Crippen molar-refractivity contribution in [3.05, 3.63) is 63.3 Å². The third-order valence-electron chi connectivity index (χ3n) is 3.13. The van der Waals surface area contributed by atoms with Gasteiger partial charge in [-0.05, 0) is 36.8 Å². The van der Waals surface area contributed by atoms with Crippen molar-refractivity contribution in [3.63, 3.8) is 0 Å². The van der Waals surface area contributed by atoms with Crippen LogP contribution in [0.15, 0.2) is 46.9 Å². The Morgan fingerprint density at radius 2 is 2.00 bits per heavy atom. The molecular formula is C15H14BrClFNO. The van der Waals surface area contributed by atoms with Gasteiger partial charge < -0.3 is 10.4 Å². The second-order valence-corrected chi connectivity index (χ2v) is 6.04. The summed E-state index contributed by atoms with van der Waals surface area (Å²) < 4.78 is 14.6. The lowest BCUT2D eigenvalue weighted by Crippen LogP contribution is -2.36. The molecule has 0 aromatic heterocycles. The molecule has 2 nitrogen and oxygen atoms in total. The number of halogens is 3. The molecule has 106 valence electrons. The molecule has 0 bridgehead atoms. The zero-order chi connectivity index (χ0) is 14.8. The third kappa shape index (κ3) is 3.14. The molecule has 0 fully saturated rings. The van der Waals surface area contributed by atoms with Crippen molar-refractivity contribution in [1.29, 1.82) is 0 Å². The number of aliphatic hydroxyl groups excluding tert-OH is 1. The number of hydrogen-bond donors (Lipinski definition) is 2. The SMILES string of the molecule is CC(CO)(Nc1ccccc1F)c1ccc(Br)cc1Cl. The monoisotopic (exact) mass is 357 g/mol. The highest BCUT2D eigenvalue weighted by atomic mass is 79.9. The summed E-state index contributed by atoms with van der Waals surface area (Å²) in [6.45, 7) is 1.55. The van der Waals surface area contributed by atoms with Crippen molar-refractivity contribution in [2.75, 3.05) is 11.9 Å². The number of hydrogen-bond acceptors (Lipinski definition) is 2. The van der Waals surface area contributed by atoms with Crippen LogP contribution in [0.25, 0.3) is 0 Å². The van der Waals surface area contributed by atoms with Crippen LogP contribution in [-0.4, -0.2) is 11.7 Å². The van der Waals surface area contributed by atoms with Crippen LogP contribution in [0.4, 0.5) is 10.1 Å². The van der Waals surface area contributed by atoms with Crippen LogP contribution in [0, 0.1) is 5.82 Å². The highest BCUT2D eigenvalue weighted by Crippen LogP contribution is 2.33. The van der Waals surface area contributed by atoms with E-state index in [9.17, 15) is 9.50 Å². The Kier molecular flexibility index (Phi) is 4.68. The topological polar surface area (TPSA) is 32.3 Å². The van der Waals surface area contributed by atoms with Gasteiger partial charge in [0.1, 0.15) is 5.82 Å². The highest BCUT2D eigenvalue weighted by Gasteiger charge is 2.28. The van der Waals surface area contributed by atoms with E-state index in [0.717, 1.165) is 4.47 Å². The maximum Gasteiger partial charge on any atom is 0.146 e. The van der Waals surface area contributed by atoms with E-state index in [2.05, 4.69) is 21.2 Å². The smallest absolute Gasteiger partial charge is 0.146 e. The van der Waals surface area contributed by atoms with Crippen molar-refractivity contribution < 1.29 is 9.50 Å². The molecule has 0 aliphatic carbocycles. The first kappa shape index (κ1) is 15.3. The van der Waals surface area contributed by atoms with Gasteiger partial charge in [0.25, 0.3) is 0 Å². The first-order valence-electron chi connectivity index (χ1n) is 6.05. The molecule has 5 heteroatoms. The number of rotatable bonds is 4. The van der Waals surface area contributed by atoms with Crippen molar-refractivity contribution in [1.82, 2.24) is 0 Å². The fraction of sp³-hybridized carbons (Fsp3) is 0.200. The summed E-state index contributed by atoms with van der Waals surface area (Å²) in [5.41, 5.74) is 0.149. The summed E-state index contributed by atoms with van der Waals surface area (Å²) >= 11 is 9.56. The Balaban J connectivity index is 2.41. The summed E-state index contributed by atoms with van der Waals surface area (Å²) in [5, 5.41) is 13.3. The van der Waals surface area contributed by atoms with Crippen molar-refractivity contribution >= 4 is 33.2 Å². The molecule has 1 unspecified atom stereocenters. The number of nitrogens with one attached hydrogen (secondary N) is 1. The largest absolute Gasteiger partial charge is 0.394 e. The van der Waals surface area contributed by atoms with Gasteiger partial charge in [-0.25, -0.2) is 4.39 Å². The summed E-state index contributed by atoms with van der Waals surface area (Å²) in [4.78, 5) is 0. The van der Waals surface area contributed by atoms with Gasteiger partial charge in [-0.3, -0.25) is 0 Å². The first-order chi connectivity index (χ1) is 9.46. The molecular weight excluding hydrogens is 345 g/mol. The van der Waals surface area contributed by atoms with E-state index in [1.807, 2.05) is 6.07 Å². The Hall–Kier alpha value is -1.10. The van der Waals surface area contributed by atoms with E-state index in [0.29, 0.717) is 16.3 Å².